The molecule has 1 aliphatic heterocycles. The van der Waals surface area contributed by atoms with Gasteiger partial charge >= 0.3 is 0 Å². The summed E-state index contributed by atoms with van der Waals surface area (Å²) in [6.07, 6.45) is 3.50. The molecule has 2 atom stereocenters. The van der Waals surface area contributed by atoms with Crippen LogP contribution < -0.4 is 4.90 Å². The van der Waals surface area contributed by atoms with Crippen molar-refractivity contribution in [1.82, 2.24) is 4.90 Å². The fourth-order valence-electron chi connectivity index (χ4n) is 4.53. The zero-order chi connectivity index (χ0) is 25.7. The molecule has 0 saturated carbocycles. The number of rotatable bonds is 9. The van der Waals surface area contributed by atoms with Crippen molar-refractivity contribution in [2.45, 2.75) is 25.5 Å². The average molecular weight is 549 g/mol. The molecule has 3 aromatic carbocycles. The van der Waals surface area contributed by atoms with Gasteiger partial charge in [-0.05, 0) is 35.9 Å². The van der Waals surface area contributed by atoms with Crippen molar-refractivity contribution in [3.63, 3.8) is 0 Å². The SMILES string of the molecule is C[C@@H](/C=C/CC(=O)N(CCO)Cc1ccccc1)[C@]1(O)C(=O)N(c2ccccc2)c2ccc(Br)cc21. The first-order valence-corrected chi connectivity index (χ1v) is 12.7. The molecule has 4 rings (SSSR count). The lowest BCUT2D eigenvalue weighted by Crippen LogP contribution is -2.42. The number of aliphatic hydroxyl groups is 2. The third-order valence-electron chi connectivity index (χ3n) is 6.47. The molecule has 3 aromatic rings. The second-order valence-electron chi connectivity index (χ2n) is 8.85. The Morgan fingerprint density at radius 3 is 2.42 bits per heavy atom. The number of halogens is 1. The summed E-state index contributed by atoms with van der Waals surface area (Å²) in [6, 6.07) is 24.3. The largest absolute Gasteiger partial charge is 0.395 e. The van der Waals surface area contributed by atoms with Crippen LogP contribution in [0.15, 0.2) is 95.5 Å². The number of para-hydroxylation sites is 1. The fourth-order valence-corrected chi connectivity index (χ4v) is 4.90. The van der Waals surface area contributed by atoms with E-state index in [2.05, 4.69) is 15.9 Å². The summed E-state index contributed by atoms with van der Waals surface area (Å²) < 4.78 is 0.759. The number of hydrogen-bond acceptors (Lipinski definition) is 4. The van der Waals surface area contributed by atoms with Gasteiger partial charge in [0.1, 0.15) is 0 Å². The van der Waals surface area contributed by atoms with Crippen molar-refractivity contribution in [2.24, 2.45) is 5.92 Å². The van der Waals surface area contributed by atoms with Gasteiger partial charge in [-0.25, -0.2) is 0 Å². The molecule has 1 heterocycles. The molecule has 36 heavy (non-hydrogen) atoms. The van der Waals surface area contributed by atoms with Crippen molar-refractivity contribution in [2.75, 3.05) is 18.1 Å². The minimum atomic E-state index is -1.79. The molecule has 1 aliphatic rings. The maximum atomic E-state index is 13.7. The van der Waals surface area contributed by atoms with Crippen molar-refractivity contribution >= 4 is 39.1 Å². The standard InChI is InChI=1S/C29H29BrN2O4/c1-21(9-8-14-27(34)31(17-18-33)20-22-10-4-2-5-11-22)29(36)25-19-23(30)15-16-26(25)32(28(29)35)24-12-6-3-7-13-24/h2-13,15-16,19,21,33,36H,14,17-18,20H2,1H3/b9-8+/t21-,29+/m0/s1. The van der Waals surface area contributed by atoms with Gasteiger partial charge in [0.05, 0.1) is 12.3 Å². The summed E-state index contributed by atoms with van der Waals surface area (Å²) in [5.74, 6) is -1.17. The highest BCUT2D eigenvalue weighted by Gasteiger charge is 2.53. The lowest BCUT2D eigenvalue weighted by molar-refractivity contribution is -0.138. The van der Waals surface area contributed by atoms with Crippen LogP contribution in [-0.4, -0.2) is 40.1 Å². The Balaban J connectivity index is 1.54. The zero-order valence-corrected chi connectivity index (χ0v) is 21.6. The summed E-state index contributed by atoms with van der Waals surface area (Å²) in [5, 5.41) is 21.2. The Hall–Kier alpha value is -3.26. The monoisotopic (exact) mass is 548 g/mol. The fraction of sp³-hybridized carbons (Fsp3) is 0.241. The molecule has 0 spiro atoms. The average Bonchev–Trinajstić information content (AvgIpc) is 3.11. The highest BCUT2D eigenvalue weighted by molar-refractivity contribution is 9.10. The Morgan fingerprint density at radius 2 is 1.75 bits per heavy atom. The molecule has 0 unspecified atom stereocenters. The van der Waals surface area contributed by atoms with Crippen molar-refractivity contribution in [3.05, 3.63) is 107 Å². The second kappa shape index (κ2) is 11.2. The second-order valence-corrected chi connectivity index (χ2v) is 9.77. The Bertz CT molecular complexity index is 1250. The van der Waals surface area contributed by atoms with Crippen LogP contribution in [0.1, 0.15) is 24.5 Å². The number of anilines is 2. The highest BCUT2D eigenvalue weighted by Crippen LogP contribution is 2.48. The summed E-state index contributed by atoms with van der Waals surface area (Å²) in [7, 11) is 0. The van der Waals surface area contributed by atoms with Crippen LogP contribution in [0.2, 0.25) is 0 Å². The first-order chi connectivity index (χ1) is 17.4. The lowest BCUT2D eigenvalue weighted by atomic mass is 9.83. The van der Waals surface area contributed by atoms with Crippen LogP contribution in [0.4, 0.5) is 11.4 Å². The number of fused-ring (bicyclic) bond motifs is 1. The summed E-state index contributed by atoms with van der Waals surface area (Å²) in [4.78, 5) is 29.7. The predicted molar refractivity (Wildman–Crippen MR) is 143 cm³/mol. The Labute approximate surface area is 219 Å². The van der Waals surface area contributed by atoms with Gasteiger partial charge in [0.25, 0.3) is 5.91 Å². The third-order valence-corrected chi connectivity index (χ3v) is 6.96. The van der Waals surface area contributed by atoms with Gasteiger partial charge in [0.15, 0.2) is 5.60 Å². The normalized spacial score (nSPS) is 17.9. The van der Waals surface area contributed by atoms with E-state index in [4.69, 9.17) is 0 Å². The van der Waals surface area contributed by atoms with Crippen LogP contribution in [-0.2, 0) is 21.7 Å². The number of carbonyl (C=O) groups excluding carboxylic acids is 2. The van der Waals surface area contributed by atoms with Crippen LogP contribution >= 0.6 is 15.9 Å². The van der Waals surface area contributed by atoms with Gasteiger partial charge in [-0.15, -0.1) is 0 Å². The molecule has 7 heteroatoms. The molecular weight excluding hydrogens is 520 g/mol. The van der Waals surface area contributed by atoms with Crippen LogP contribution in [0.25, 0.3) is 0 Å². The van der Waals surface area contributed by atoms with Crippen molar-refractivity contribution in [3.8, 4) is 0 Å². The van der Waals surface area contributed by atoms with E-state index in [1.807, 2.05) is 72.8 Å². The Morgan fingerprint density at radius 1 is 1.08 bits per heavy atom. The Kier molecular flexibility index (Phi) is 8.04. The lowest BCUT2D eigenvalue weighted by Gasteiger charge is -2.28. The molecule has 0 bridgehead atoms. The number of benzene rings is 3. The molecule has 2 amide bonds. The molecule has 0 radical (unpaired) electrons. The highest BCUT2D eigenvalue weighted by atomic mass is 79.9. The van der Waals surface area contributed by atoms with Crippen molar-refractivity contribution in [1.29, 1.82) is 0 Å². The molecule has 2 N–H and O–H groups in total. The van der Waals surface area contributed by atoms with E-state index in [0.717, 1.165) is 10.0 Å². The van der Waals surface area contributed by atoms with Gasteiger partial charge in [-0.2, -0.15) is 0 Å². The summed E-state index contributed by atoms with van der Waals surface area (Å²) >= 11 is 3.46. The first-order valence-electron chi connectivity index (χ1n) is 11.9. The molecule has 186 valence electrons. The number of carbonyl (C=O) groups is 2. The zero-order valence-electron chi connectivity index (χ0n) is 20.0. The van der Waals surface area contributed by atoms with E-state index in [9.17, 15) is 19.8 Å². The van der Waals surface area contributed by atoms with E-state index in [1.54, 1.807) is 34.9 Å². The third kappa shape index (κ3) is 5.14. The molecule has 0 aliphatic carbocycles. The van der Waals surface area contributed by atoms with Gasteiger partial charge in [0, 0.05) is 41.2 Å². The predicted octanol–water partition coefficient (Wildman–Crippen LogP) is 4.92. The minimum absolute atomic E-state index is 0.0924. The number of nitrogens with zero attached hydrogens (tertiary/aromatic N) is 2. The van der Waals surface area contributed by atoms with Crippen LogP contribution in [0.3, 0.4) is 0 Å². The van der Waals surface area contributed by atoms with Crippen LogP contribution in [0, 0.1) is 5.92 Å². The van der Waals surface area contributed by atoms with E-state index < -0.39 is 17.4 Å². The maximum absolute atomic E-state index is 13.7. The van der Waals surface area contributed by atoms with E-state index in [1.165, 1.54) is 0 Å². The molecule has 0 aromatic heterocycles. The van der Waals surface area contributed by atoms with Crippen molar-refractivity contribution < 1.29 is 19.8 Å². The topological polar surface area (TPSA) is 81.1 Å². The van der Waals surface area contributed by atoms with Gasteiger partial charge in [0.2, 0.25) is 5.91 Å². The van der Waals surface area contributed by atoms with Crippen LogP contribution in [0.5, 0.6) is 0 Å². The summed E-state index contributed by atoms with van der Waals surface area (Å²) in [5.41, 5.74) is 1.01. The molecule has 0 saturated heterocycles. The molecule has 6 nitrogen and oxygen atoms in total. The number of amides is 2. The van der Waals surface area contributed by atoms with E-state index in [0.29, 0.717) is 23.5 Å². The maximum Gasteiger partial charge on any atom is 0.268 e. The molecular formula is C29H29BrN2O4. The number of hydrogen-bond donors (Lipinski definition) is 2. The van der Waals surface area contributed by atoms with Gasteiger partial charge < -0.3 is 15.1 Å². The van der Waals surface area contributed by atoms with Gasteiger partial charge in [-0.3, -0.25) is 14.5 Å². The minimum Gasteiger partial charge on any atom is -0.395 e. The molecule has 0 fully saturated rings. The summed E-state index contributed by atoms with van der Waals surface area (Å²) in [6.45, 7) is 2.27. The van der Waals surface area contributed by atoms with Gasteiger partial charge in [-0.1, -0.05) is 83.5 Å². The van der Waals surface area contributed by atoms with E-state index >= 15 is 0 Å². The smallest absolute Gasteiger partial charge is 0.268 e. The van der Waals surface area contributed by atoms with E-state index in [-0.39, 0.29) is 25.5 Å². The quantitative estimate of drug-likeness (QED) is 0.372. The first kappa shape index (κ1) is 25.8. The number of aliphatic hydroxyl groups excluding tert-OH is 1.